The van der Waals surface area contributed by atoms with Gasteiger partial charge in [-0.25, -0.2) is 4.39 Å². The van der Waals surface area contributed by atoms with Crippen LogP contribution in [0.15, 0.2) is 36.4 Å². The van der Waals surface area contributed by atoms with Gasteiger partial charge in [-0.3, -0.25) is 0 Å². The van der Waals surface area contributed by atoms with Gasteiger partial charge in [0.1, 0.15) is 24.3 Å². The summed E-state index contributed by atoms with van der Waals surface area (Å²) in [5.41, 5.74) is 1.20. The zero-order chi connectivity index (χ0) is 22.1. The first-order valence-electron chi connectivity index (χ1n) is 8.63. The summed E-state index contributed by atoms with van der Waals surface area (Å²) < 4.78 is 40.7. The number of ether oxygens (including phenoxy) is 2. The van der Waals surface area contributed by atoms with Crippen molar-refractivity contribution in [2.75, 3.05) is 13.0 Å². The Morgan fingerprint density at radius 2 is 1.87 bits per heavy atom. The van der Waals surface area contributed by atoms with E-state index in [1.807, 2.05) is 0 Å². The van der Waals surface area contributed by atoms with Crippen LogP contribution in [0.25, 0.3) is 0 Å². The molecule has 2 atom stereocenters. The molecule has 1 unspecified atom stereocenters. The average Bonchev–Trinajstić information content (AvgIpc) is 2.65. The third-order valence-corrected chi connectivity index (χ3v) is 5.38. The maximum atomic E-state index is 13.0. The van der Waals surface area contributed by atoms with E-state index in [1.165, 1.54) is 18.2 Å². The second-order valence-electron chi connectivity index (χ2n) is 6.12. The van der Waals surface area contributed by atoms with Crippen LogP contribution in [-0.2, 0) is 31.8 Å². The first-order chi connectivity index (χ1) is 14.2. The van der Waals surface area contributed by atoms with E-state index in [4.69, 9.17) is 37.2 Å². The standard InChI is InChI=1S/C19H18Cl2FO7P.Li/c20-13-5-17(21)16(9-27-11-29-30(26)10-15(23)7-19(24)25)18(6-13)28-8-12-1-3-14(22)4-2-12;/h1-6,15,23H,7-11H2;/q;+1/t15-;/m0./s1. The van der Waals surface area contributed by atoms with Crippen molar-refractivity contribution in [1.82, 2.24) is 0 Å². The van der Waals surface area contributed by atoms with Crippen LogP contribution < -0.4 is 28.7 Å². The van der Waals surface area contributed by atoms with Crippen molar-refractivity contribution in [3.05, 3.63) is 63.4 Å². The maximum absolute atomic E-state index is 13.0. The summed E-state index contributed by atoms with van der Waals surface area (Å²) in [6.07, 6.45) is -2.34. The fourth-order valence-corrected chi connectivity index (χ4v) is 3.61. The maximum Gasteiger partial charge on any atom is 1.00 e. The van der Waals surface area contributed by atoms with Crippen molar-refractivity contribution in [3.63, 3.8) is 0 Å². The van der Waals surface area contributed by atoms with Crippen molar-refractivity contribution in [2.45, 2.75) is 25.7 Å². The Morgan fingerprint density at radius 3 is 2.52 bits per heavy atom. The largest absolute Gasteiger partial charge is 1.00 e. The van der Waals surface area contributed by atoms with E-state index >= 15 is 0 Å². The molecular formula is C19H18Cl2FLiO7P+. The summed E-state index contributed by atoms with van der Waals surface area (Å²) >= 11 is 12.2. The molecule has 0 spiro atoms. The van der Waals surface area contributed by atoms with Crippen LogP contribution >= 0.6 is 31.2 Å². The van der Waals surface area contributed by atoms with Crippen LogP contribution in [0, 0.1) is 5.82 Å². The molecule has 1 N–H and O–H groups in total. The molecule has 0 aromatic heterocycles. The van der Waals surface area contributed by atoms with Crippen LogP contribution in [-0.4, -0.2) is 30.1 Å². The van der Waals surface area contributed by atoms with Gasteiger partial charge in [0.05, 0.1) is 11.6 Å². The van der Waals surface area contributed by atoms with Gasteiger partial charge in [-0.05, 0) is 34.4 Å². The summed E-state index contributed by atoms with van der Waals surface area (Å²) in [4.78, 5) is 10.4. The first-order valence-corrected chi connectivity index (χ1v) is 10.7. The fraction of sp³-hybridized carbons (Fsp3) is 0.316. The number of benzene rings is 2. The summed E-state index contributed by atoms with van der Waals surface area (Å²) in [6, 6.07) is 8.84. The number of aliphatic hydroxyl groups excluding tert-OH is 1. The van der Waals surface area contributed by atoms with E-state index in [1.54, 1.807) is 18.2 Å². The van der Waals surface area contributed by atoms with Crippen LogP contribution in [0.2, 0.25) is 10.0 Å². The van der Waals surface area contributed by atoms with E-state index in [9.17, 15) is 24.0 Å². The number of hydrogen-bond acceptors (Lipinski definition) is 7. The van der Waals surface area contributed by atoms with E-state index < -0.39 is 26.5 Å². The minimum absolute atomic E-state index is 0. The molecule has 2 rings (SSSR count). The Morgan fingerprint density at radius 1 is 1.19 bits per heavy atom. The second-order valence-corrected chi connectivity index (χ2v) is 8.25. The average molecular weight is 486 g/mol. The number of aliphatic hydroxyl groups is 1. The van der Waals surface area contributed by atoms with Gasteiger partial charge in [0.2, 0.25) is 13.0 Å². The molecule has 0 radical (unpaired) electrons. The predicted octanol–water partition coefficient (Wildman–Crippen LogP) is 0.449. The van der Waals surface area contributed by atoms with Gasteiger partial charge in [0.25, 0.3) is 0 Å². The molecule has 0 fully saturated rings. The molecule has 0 aliphatic heterocycles. The van der Waals surface area contributed by atoms with Crippen molar-refractivity contribution in [1.29, 1.82) is 0 Å². The number of carbonyl (C=O) groups is 1. The molecule has 0 bridgehead atoms. The minimum atomic E-state index is -2.32. The Labute approximate surface area is 201 Å². The molecule has 0 aliphatic carbocycles. The number of carboxylic acids is 1. The topological polar surface area (TPSA) is 105 Å². The smallest absolute Gasteiger partial charge is 0.550 e. The van der Waals surface area contributed by atoms with Gasteiger partial charge >= 0.3 is 26.9 Å². The Kier molecular flexibility index (Phi) is 12.6. The molecule has 2 aromatic rings. The summed E-state index contributed by atoms with van der Waals surface area (Å²) in [5.74, 6) is -1.46. The number of aliphatic carboxylic acids is 1. The van der Waals surface area contributed by atoms with Crippen LogP contribution in [0.4, 0.5) is 4.39 Å². The molecule has 0 amide bonds. The zero-order valence-electron chi connectivity index (χ0n) is 16.6. The van der Waals surface area contributed by atoms with Crippen LogP contribution in [0.3, 0.4) is 0 Å². The molecule has 12 heteroatoms. The van der Waals surface area contributed by atoms with Gasteiger partial charge in [0.15, 0.2) is 0 Å². The second kappa shape index (κ2) is 14.0. The van der Waals surface area contributed by atoms with E-state index in [0.29, 0.717) is 16.3 Å². The Hall–Kier alpha value is -1.20. The van der Waals surface area contributed by atoms with Gasteiger partial charge in [-0.2, -0.15) is 0 Å². The minimum Gasteiger partial charge on any atom is -0.550 e. The third kappa shape index (κ3) is 10.3. The molecule has 2 aromatic carbocycles. The SMILES string of the molecule is O=C([O-])C[C@H](O)C[P+](=O)OCOCc1c(Cl)cc(Cl)cc1OCc1ccc(F)cc1.[Li+]. The van der Waals surface area contributed by atoms with E-state index in [-0.39, 0.29) is 55.9 Å². The van der Waals surface area contributed by atoms with Gasteiger partial charge in [-0.1, -0.05) is 35.3 Å². The molecule has 0 saturated heterocycles. The molecule has 7 nitrogen and oxygen atoms in total. The van der Waals surface area contributed by atoms with Crippen LogP contribution in [0.1, 0.15) is 17.5 Å². The van der Waals surface area contributed by atoms with Crippen molar-refractivity contribution < 1.29 is 56.8 Å². The number of halogens is 3. The van der Waals surface area contributed by atoms with Crippen molar-refractivity contribution >= 4 is 37.2 Å². The summed E-state index contributed by atoms with van der Waals surface area (Å²) in [7, 11) is -2.32. The molecule has 0 aliphatic rings. The number of carboxylic acid groups (broad SMARTS) is 1. The Bertz CT molecular complexity index is 886. The third-order valence-electron chi connectivity index (χ3n) is 3.72. The monoisotopic (exact) mass is 485 g/mol. The molecule has 31 heavy (non-hydrogen) atoms. The predicted molar refractivity (Wildman–Crippen MR) is 106 cm³/mol. The first kappa shape index (κ1) is 27.8. The molecule has 162 valence electrons. The normalized spacial score (nSPS) is 12.1. The molecular weight excluding hydrogens is 468 g/mol. The van der Waals surface area contributed by atoms with Gasteiger partial charge in [-0.15, -0.1) is 4.52 Å². The van der Waals surface area contributed by atoms with Crippen molar-refractivity contribution in [2.24, 2.45) is 0 Å². The number of rotatable bonds is 12. The summed E-state index contributed by atoms with van der Waals surface area (Å²) in [6.45, 7) is -0.300. The van der Waals surface area contributed by atoms with E-state index in [2.05, 4.69) is 0 Å². The molecule has 0 heterocycles. The van der Waals surface area contributed by atoms with Crippen LogP contribution in [0.5, 0.6) is 5.75 Å². The quantitative estimate of drug-likeness (QED) is 0.201. The number of hydrogen-bond donors (Lipinski definition) is 1. The number of carbonyl (C=O) groups excluding carboxylic acids is 1. The fourth-order valence-electron chi connectivity index (χ4n) is 2.31. The Balaban J connectivity index is 0.00000480. The van der Waals surface area contributed by atoms with Crippen molar-refractivity contribution in [3.8, 4) is 5.75 Å². The summed E-state index contributed by atoms with van der Waals surface area (Å²) in [5, 5.41) is 20.4. The van der Waals surface area contributed by atoms with Gasteiger partial charge < -0.3 is 24.5 Å². The van der Waals surface area contributed by atoms with Gasteiger partial charge in [0, 0.05) is 23.0 Å². The molecule has 0 saturated carbocycles. The zero-order valence-corrected chi connectivity index (χ0v) is 19.0. The van der Waals surface area contributed by atoms with E-state index in [0.717, 1.165) is 5.56 Å².